The largest absolute Gasteiger partial charge is 0.466 e. The van der Waals surface area contributed by atoms with Gasteiger partial charge in [-0.25, -0.2) is 0 Å². The minimum atomic E-state index is -0.0715. The van der Waals surface area contributed by atoms with Crippen molar-refractivity contribution < 1.29 is 23.8 Å². The highest BCUT2D eigenvalue weighted by atomic mass is 16.5. The number of carbonyl (C=O) groups is 2. The van der Waals surface area contributed by atoms with Crippen molar-refractivity contribution >= 4 is 11.9 Å². The quantitative estimate of drug-likeness (QED) is 0.130. The number of esters is 2. The van der Waals surface area contributed by atoms with Crippen molar-refractivity contribution in [3.05, 3.63) is 29.3 Å². The second-order valence-electron chi connectivity index (χ2n) is 14.7. The maximum absolute atomic E-state index is 12.7. The Morgan fingerprint density at radius 3 is 1.63 bits per heavy atom. The lowest BCUT2D eigenvalue weighted by molar-refractivity contribution is -0.144. The summed E-state index contributed by atoms with van der Waals surface area (Å²) in [5.41, 5.74) is 10.5. The van der Waals surface area contributed by atoms with Gasteiger partial charge in [-0.2, -0.15) is 0 Å². The van der Waals surface area contributed by atoms with Crippen LogP contribution in [0.4, 0.5) is 0 Å². The first kappa shape index (κ1) is 43.1. The summed E-state index contributed by atoms with van der Waals surface area (Å²) >= 11 is 0. The van der Waals surface area contributed by atoms with E-state index in [9.17, 15) is 9.59 Å². The zero-order chi connectivity index (χ0) is 35.2. The Labute approximate surface area is 301 Å². The highest BCUT2D eigenvalue weighted by Crippen LogP contribution is 2.33. The molecule has 0 aromatic rings. The lowest BCUT2D eigenvalue weighted by Gasteiger charge is -2.30. The monoisotopic (exact) mass is 684 g/mol. The third-order valence-electron chi connectivity index (χ3n) is 10.6. The highest BCUT2D eigenvalue weighted by Gasteiger charge is 2.24. The van der Waals surface area contributed by atoms with Gasteiger partial charge in [0, 0.05) is 32.5 Å². The molecule has 0 aliphatic carbocycles. The Balaban J connectivity index is 2.07. The van der Waals surface area contributed by atoms with Crippen molar-refractivity contribution in [1.29, 1.82) is 0 Å². The van der Waals surface area contributed by atoms with Gasteiger partial charge in [0.15, 0.2) is 0 Å². The first-order valence-electron chi connectivity index (χ1n) is 20.6. The molecule has 0 bridgehead atoms. The predicted molar refractivity (Wildman–Crippen MR) is 201 cm³/mol. The molecule has 2 fully saturated rings. The lowest BCUT2D eigenvalue weighted by Crippen LogP contribution is -2.39. The molecule has 280 valence electrons. The number of hydrogen-bond acceptors (Lipinski definition) is 6. The fraction of sp³-hybridized carbons (Fsp3) is 0.837. The van der Waals surface area contributed by atoms with Gasteiger partial charge in [-0.1, -0.05) is 115 Å². The molecule has 0 spiro atoms. The molecule has 49 heavy (non-hydrogen) atoms. The van der Waals surface area contributed by atoms with Gasteiger partial charge in [0.05, 0.1) is 26.4 Å². The summed E-state index contributed by atoms with van der Waals surface area (Å²) in [6.45, 7) is 14.1. The lowest BCUT2D eigenvalue weighted by atomic mass is 9.79. The number of unbranched alkanes of at least 4 members (excludes halogenated alkanes) is 4. The molecule has 0 amide bonds. The van der Waals surface area contributed by atoms with Gasteiger partial charge < -0.3 is 14.2 Å². The molecule has 0 aromatic heterocycles. The van der Waals surface area contributed by atoms with E-state index in [1.54, 1.807) is 0 Å². The van der Waals surface area contributed by atoms with E-state index in [1.165, 1.54) is 76.3 Å². The zero-order valence-corrected chi connectivity index (χ0v) is 31.8. The molecule has 2 saturated heterocycles. The molecule has 2 atom stereocenters. The van der Waals surface area contributed by atoms with Crippen molar-refractivity contribution in [2.75, 3.05) is 46.1 Å². The fourth-order valence-corrected chi connectivity index (χ4v) is 7.56. The van der Waals surface area contributed by atoms with Crippen LogP contribution < -0.4 is 0 Å². The van der Waals surface area contributed by atoms with Crippen molar-refractivity contribution in [1.82, 2.24) is 4.90 Å². The Hall–Kier alpha value is -2.06. The second-order valence-corrected chi connectivity index (χ2v) is 14.7. The van der Waals surface area contributed by atoms with Crippen LogP contribution in [0.3, 0.4) is 0 Å². The molecule has 2 unspecified atom stereocenters. The van der Waals surface area contributed by atoms with Gasteiger partial charge in [0.1, 0.15) is 0 Å². The van der Waals surface area contributed by atoms with E-state index in [1.807, 2.05) is 0 Å². The van der Waals surface area contributed by atoms with Gasteiger partial charge in [-0.15, -0.1) is 0 Å². The van der Waals surface area contributed by atoms with Gasteiger partial charge >= 0.3 is 11.9 Å². The summed E-state index contributed by atoms with van der Waals surface area (Å²) in [5.74, 6) is 1.09. The van der Waals surface area contributed by atoms with Crippen molar-refractivity contribution in [2.24, 2.45) is 17.8 Å². The molecule has 2 rings (SSSR count). The molecule has 0 aromatic carbocycles. The Bertz CT molecular complexity index is 932. The van der Waals surface area contributed by atoms with Crippen LogP contribution in [0.2, 0.25) is 0 Å². The standard InChI is InChI=1S/C43H73NO5/c1-4-7-16-24-39-29-33-48-42(45)27-20-14-10-12-18-22-38(37-44-31-35-47-36-32-44)23-19-13-11-15-21-28-43(46)49-34-30-40(25-17-8-5-2)41(39)26-9-6-3/h38-40H,3-5,7-8,10-25,27-37H2,1-2H3. The maximum Gasteiger partial charge on any atom is 0.305 e. The number of cyclic esters (lactones) is 2. The normalized spacial score (nSPS) is 24.5. The Morgan fingerprint density at radius 1 is 0.653 bits per heavy atom. The van der Waals surface area contributed by atoms with Crippen LogP contribution in [0, 0.1) is 17.8 Å². The van der Waals surface area contributed by atoms with E-state index >= 15 is 0 Å². The minimum Gasteiger partial charge on any atom is -0.466 e. The summed E-state index contributed by atoms with van der Waals surface area (Å²) in [6, 6.07) is 0. The van der Waals surface area contributed by atoms with Crippen molar-refractivity contribution in [3.63, 3.8) is 0 Å². The molecule has 2 heterocycles. The van der Waals surface area contributed by atoms with Crippen LogP contribution in [-0.2, 0) is 23.8 Å². The van der Waals surface area contributed by atoms with Crippen LogP contribution in [0.5, 0.6) is 0 Å². The summed E-state index contributed by atoms with van der Waals surface area (Å²) in [6.07, 6.45) is 25.6. The van der Waals surface area contributed by atoms with E-state index in [-0.39, 0.29) is 23.8 Å². The number of morpholine rings is 1. The number of rotatable bonds is 10. The van der Waals surface area contributed by atoms with E-state index in [2.05, 4.69) is 42.5 Å². The first-order chi connectivity index (χ1) is 24.1. The molecule has 6 heteroatoms. The van der Waals surface area contributed by atoms with Gasteiger partial charge in [-0.3, -0.25) is 14.5 Å². The zero-order valence-electron chi connectivity index (χ0n) is 31.8. The third-order valence-corrected chi connectivity index (χ3v) is 10.6. The van der Waals surface area contributed by atoms with E-state index in [4.69, 9.17) is 14.2 Å². The predicted octanol–water partition coefficient (Wildman–Crippen LogP) is 10.7. The maximum atomic E-state index is 12.7. The van der Waals surface area contributed by atoms with Crippen molar-refractivity contribution in [2.45, 2.75) is 168 Å². The van der Waals surface area contributed by atoms with E-state index < -0.39 is 0 Å². The van der Waals surface area contributed by atoms with Crippen LogP contribution >= 0.6 is 0 Å². The summed E-state index contributed by atoms with van der Waals surface area (Å²) in [7, 11) is 0. The van der Waals surface area contributed by atoms with Gasteiger partial charge in [0.25, 0.3) is 0 Å². The molecule has 0 radical (unpaired) electrons. The average Bonchev–Trinajstić information content (AvgIpc) is 3.10. The van der Waals surface area contributed by atoms with Gasteiger partial charge in [0.2, 0.25) is 0 Å². The molecule has 2 aliphatic rings. The van der Waals surface area contributed by atoms with Crippen LogP contribution in [-0.4, -0.2) is 62.9 Å². The second kappa shape index (κ2) is 29.6. The molecule has 6 nitrogen and oxygen atoms in total. The Kier molecular flexibility index (Phi) is 26.1. The summed E-state index contributed by atoms with van der Waals surface area (Å²) < 4.78 is 17.2. The molecular formula is C43H73NO5. The molecule has 2 aliphatic heterocycles. The van der Waals surface area contributed by atoms with Crippen LogP contribution in [0.25, 0.3) is 0 Å². The first-order valence-corrected chi connectivity index (χ1v) is 20.6. The molecular weight excluding hydrogens is 610 g/mol. The van der Waals surface area contributed by atoms with E-state index in [0.717, 1.165) is 109 Å². The number of nitrogens with zero attached hydrogens (tertiary/aromatic N) is 1. The number of hydrogen-bond donors (Lipinski definition) is 0. The molecule has 0 N–H and O–H groups in total. The Morgan fingerprint density at radius 2 is 1.14 bits per heavy atom. The van der Waals surface area contributed by atoms with Gasteiger partial charge in [-0.05, 0) is 87.0 Å². The van der Waals surface area contributed by atoms with Crippen LogP contribution in [0.1, 0.15) is 168 Å². The summed E-state index contributed by atoms with van der Waals surface area (Å²) in [4.78, 5) is 28.1. The minimum absolute atomic E-state index is 0.0715. The van der Waals surface area contributed by atoms with Crippen molar-refractivity contribution in [3.8, 4) is 0 Å². The van der Waals surface area contributed by atoms with E-state index in [0.29, 0.717) is 26.1 Å². The van der Waals surface area contributed by atoms with Crippen LogP contribution in [0.15, 0.2) is 29.3 Å². The SMILES string of the molecule is C=C=C=C=C1C(CCCCC)CCOC(=O)CCCCCCCC(CN2CCOCC2)CCCCCCCC(=O)OCCC1CCCCC. The number of ether oxygens (including phenoxy) is 3. The topological polar surface area (TPSA) is 65.1 Å². The third kappa shape index (κ3) is 21.7. The highest BCUT2D eigenvalue weighted by molar-refractivity contribution is 5.69. The average molecular weight is 684 g/mol. The smallest absolute Gasteiger partial charge is 0.305 e. The summed E-state index contributed by atoms with van der Waals surface area (Å²) in [5, 5.41) is 0. The number of carbonyl (C=O) groups excluding carboxylic acids is 2. The molecule has 0 saturated carbocycles. The number of allylic oxidation sites excluding steroid dienone is 1. The fourth-order valence-electron chi connectivity index (χ4n) is 7.56.